The molecular weight excluding hydrogens is 246 g/mol. The lowest BCUT2D eigenvalue weighted by Gasteiger charge is -2.04. The van der Waals surface area contributed by atoms with Gasteiger partial charge in [0.1, 0.15) is 0 Å². The van der Waals surface area contributed by atoms with E-state index in [1.807, 2.05) is 44.4 Å². The van der Waals surface area contributed by atoms with Crippen LogP contribution in [0.5, 0.6) is 0 Å². The van der Waals surface area contributed by atoms with Gasteiger partial charge < -0.3 is 5.32 Å². The van der Waals surface area contributed by atoms with Gasteiger partial charge in [-0.15, -0.1) is 11.3 Å². The maximum atomic E-state index is 11.6. The summed E-state index contributed by atoms with van der Waals surface area (Å²) in [7, 11) is 0. The number of carbonyl (C=O) groups is 1. The molecule has 96 valence electrons. The van der Waals surface area contributed by atoms with E-state index in [-0.39, 0.29) is 11.9 Å². The summed E-state index contributed by atoms with van der Waals surface area (Å²) in [5.74, 6) is -0.0775. The number of thiazole rings is 1. The highest BCUT2D eigenvalue weighted by Crippen LogP contribution is 2.21. The van der Waals surface area contributed by atoms with Gasteiger partial charge in [0.05, 0.1) is 11.4 Å². The molecule has 0 fully saturated rings. The first-order valence-electron chi connectivity index (χ1n) is 5.91. The predicted octanol–water partition coefficient (Wildman–Crippen LogP) is 2.55. The number of aryl methyl sites for hydroxylation is 2. The van der Waals surface area contributed by atoms with Crippen LogP contribution in [-0.2, 0) is 4.79 Å². The van der Waals surface area contributed by atoms with Gasteiger partial charge in [-0.2, -0.15) is 0 Å². The minimum Gasteiger partial charge on any atom is -0.350 e. The Bertz CT molecular complexity index is 607. The lowest BCUT2D eigenvalue weighted by atomic mass is 10.3. The molecule has 0 saturated carbocycles. The third kappa shape index (κ3) is 2.61. The summed E-state index contributed by atoms with van der Waals surface area (Å²) in [4.78, 5) is 18.2. The molecule has 0 aliphatic heterocycles. The molecule has 2 rings (SSSR count). The van der Waals surface area contributed by atoms with Crippen molar-refractivity contribution in [2.75, 3.05) is 0 Å². The number of fused-ring (bicyclic) bond motifs is 1. The molecule has 1 amide bonds. The topological polar surface area (TPSA) is 46.4 Å². The number of amides is 1. The number of hydrogen-bond donors (Lipinski definition) is 1. The number of carbonyl (C=O) groups excluding carboxylic acids is 1. The van der Waals surface area contributed by atoms with Gasteiger partial charge in [-0.1, -0.05) is 0 Å². The zero-order valence-electron chi connectivity index (χ0n) is 11.0. The highest BCUT2D eigenvalue weighted by Gasteiger charge is 2.08. The Hall–Kier alpha value is -1.62. The Morgan fingerprint density at radius 2 is 2.22 bits per heavy atom. The Labute approximate surface area is 110 Å². The Morgan fingerprint density at radius 1 is 1.50 bits per heavy atom. The quantitative estimate of drug-likeness (QED) is 0.865. The molecule has 1 N–H and O–H groups in total. The predicted molar refractivity (Wildman–Crippen MR) is 74.9 cm³/mol. The van der Waals surface area contributed by atoms with E-state index in [0.717, 1.165) is 16.3 Å². The van der Waals surface area contributed by atoms with E-state index in [9.17, 15) is 4.79 Å². The summed E-state index contributed by atoms with van der Waals surface area (Å²) < 4.78 is 2.02. The molecule has 0 saturated heterocycles. The molecule has 0 aliphatic carbocycles. The molecule has 0 aliphatic rings. The normalized spacial score (nSPS) is 11.8. The van der Waals surface area contributed by atoms with Crippen molar-refractivity contribution in [2.24, 2.45) is 0 Å². The van der Waals surface area contributed by atoms with E-state index in [0.29, 0.717) is 0 Å². The molecular formula is C13H17N3OS. The van der Waals surface area contributed by atoms with Crippen molar-refractivity contribution in [3.63, 3.8) is 0 Å². The smallest absolute Gasteiger partial charge is 0.244 e. The van der Waals surface area contributed by atoms with E-state index >= 15 is 0 Å². The zero-order chi connectivity index (χ0) is 13.3. The van der Waals surface area contributed by atoms with Gasteiger partial charge in [-0.25, -0.2) is 4.98 Å². The molecule has 2 heterocycles. The Kier molecular flexibility index (Phi) is 3.52. The van der Waals surface area contributed by atoms with Crippen LogP contribution in [0, 0.1) is 13.8 Å². The van der Waals surface area contributed by atoms with Crippen molar-refractivity contribution >= 4 is 28.3 Å². The van der Waals surface area contributed by atoms with Crippen LogP contribution < -0.4 is 5.32 Å². The van der Waals surface area contributed by atoms with Crippen LogP contribution in [-0.4, -0.2) is 21.3 Å². The van der Waals surface area contributed by atoms with Crippen LogP contribution in [0.4, 0.5) is 0 Å². The maximum Gasteiger partial charge on any atom is 0.244 e. The van der Waals surface area contributed by atoms with Gasteiger partial charge >= 0.3 is 0 Å². The number of nitrogens with zero attached hydrogens (tertiary/aromatic N) is 2. The van der Waals surface area contributed by atoms with E-state index in [1.54, 1.807) is 17.4 Å². The van der Waals surface area contributed by atoms with E-state index in [2.05, 4.69) is 10.3 Å². The molecule has 0 aromatic carbocycles. The summed E-state index contributed by atoms with van der Waals surface area (Å²) >= 11 is 1.65. The van der Waals surface area contributed by atoms with Crippen molar-refractivity contribution in [1.82, 2.24) is 14.7 Å². The highest BCUT2D eigenvalue weighted by atomic mass is 32.1. The SMILES string of the molecule is Cc1cn2c(/C=C/C(=O)NC(C)C)c(C)nc2s1. The van der Waals surface area contributed by atoms with E-state index in [1.165, 1.54) is 4.88 Å². The average molecular weight is 263 g/mol. The molecule has 0 bridgehead atoms. The first-order chi connectivity index (χ1) is 8.47. The Balaban J connectivity index is 2.28. The van der Waals surface area contributed by atoms with Crippen LogP contribution in [0.15, 0.2) is 12.3 Å². The first-order valence-corrected chi connectivity index (χ1v) is 6.72. The molecule has 2 aromatic rings. The summed E-state index contributed by atoms with van der Waals surface area (Å²) in [5.41, 5.74) is 1.91. The van der Waals surface area contributed by atoms with E-state index < -0.39 is 0 Å². The second-order valence-electron chi connectivity index (χ2n) is 4.57. The third-order valence-electron chi connectivity index (χ3n) is 2.49. The maximum absolute atomic E-state index is 11.6. The summed E-state index contributed by atoms with van der Waals surface area (Å²) in [6, 6.07) is 0.150. The molecule has 2 aromatic heterocycles. The van der Waals surface area contributed by atoms with Gasteiger partial charge in [-0.3, -0.25) is 9.20 Å². The summed E-state index contributed by atoms with van der Waals surface area (Å²) in [6.45, 7) is 7.88. The number of hydrogen-bond acceptors (Lipinski definition) is 3. The van der Waals surface area contributed by atoms with Crippen molar-refractivity contribution in [2.45, 2.75) is 33.7 Å². The first kappa shape index (κ1) is 12.8. The molecule has 0 radical (unpaired) electrons. The average Bonchev–Trinajstić information content (AvgIpc) is 2.70. The standard InChI is InChI=1S/C13H17N3OS/c1-8(2)14-12(17)6-5-11-10(4)15-13-16(11)7-9(3)18-13/h5-8H,1-4H3,(H,14,17)/b6-5+. The van der Waals surface area contributed by atoms with Crippen LogP contribution in [0.2, 0.25) is 0 Å². The van der Waals surface area contributed by atoms with Crippen molar-refractivity contribution in [3.05, 3.63) is 28.5 Å². The molecule has 18 heavy (non-hydrogen) atoms. The number of imidazole rings is 1. The van der Waals surface area contributed by atoms with Gasteiger partial charge in [0, 0.05) is 23.2 Å². The number of aromatic nitrogens is 2. The lowest BCUT2D eigenvalue weighted by Crippen LogP contribution is -2.28. The van der Waals surface area contributed by atoms with Crippen LogP contribution in [0.1, 0.15) is 30.1 Å². The lowest BCUT2D eigenvalue weighted by molar-refractivity contribution is -0.116. The van der Waals surface area contributed by atoms with Crippen LogP contribution >= 0.6 is 11.3 Å². The summed E-state index contributed by atoms with van der Waals surface area (Å²) in [5, 5.41) is 2.83. The fraction of sp³-hybridized carbons (Fsp3) is 0.385. The second kappa shape index (κ2) is 4.94. The van der Waals surface area contributed by atoms with Crippen molar-refractivity contribution < 1.29 is 4.79 Å². The van der Waals surface area contributed by atoms with Gasteiger partial charge in [0.2, 0.25) is 5.91 Å². The van der Waals surface area contributed by atoms with Crippen molar-refractivity contribution in [3.8, 4) is 0 Å². The van der Waals surface area contributed by atoms with Crippen LogP contribution in [0.3, 0.4) is 0 Å². The molecule has 0 unspecified atom stereocenters. The third-order valence-corrected chi connectivity index (χ3v) is 3.38. The van der Waals surface area contributed by atoms with Gasteiger partial charge in [-0.05, 0) is 33.8 Å². The highest BCUT2D eigenvalue weighted by molar-refractivity contribution is 7.17. The minimum absolute atomic E-state index is 0.0775. The molecule has 0 atom stereocenters. The molecule has 5 heteroatoms. The fourth-order valence-corrected chi connectivity index (χ4v) is 2.65. The largest absolute Gasteiger partial charge is 0.350 e. The second-order valence-corrected chi connectivity index (χ2v) is 5.79. The van der Waals surface area contributed by atoms with Crippen LogP contribution in [0.25, 0.3) is 11.0 Å². The fourth-order valence-electron chi connectivity index (χ4n) is 1.77. The molecule has 0 spiro atoms. The number of rotatable bonds is 3. The monoisotopic (exact) mass is 263 g/mol. The Morgan fingerprint density at radius 3 is 2.89 bits per heavy atom. The van der Waals surface area contributed by atoms with Gasteiger partial charge in [0.25, 0.3) is 0 Å². The van der Waals surface area contributed by atoms with E-state index in [4.69, 9.17) is 0 Å². The number of nitrogens with one attached hydrogen (secondary N) is 1. The molecule has 4 nitrogen and oxygen atoms in total. The summed E-state index contributed by atoms with van der Waals surface area (Å²) in [6.07, 6.45) is 5.42. The van der Waals surface area contributed by atoms with Crippen molar-refractivity contribution in [1.29, 1.82) is 0 Å². The zero-order valence-corrected chi connectivity index (χ0v) is 11.8. The van der Waals surface area contributed by atoms with Gasteiger partial charge in [0.15, 0.2) is 4.96 Å². The minimum atomic E-state index is -0.0775.